The highest BCUT2D eigenvalue weighted by Gasteiger charge is 2.45. The second-order valence-corrected chi connectivity index (χ2v) is 7.54. The second kappa shape index (κ2) is 6.72. The highest BCUT2D eigenvalue weighted by Crippen LogP contribution is 2.48. The zero-order valence-electron chi connectivity index (χ0n) is 14.5. The van der Waals surface area contributed by atoms with E-state index in [0.717, 1.165) is 37.6 Å². The zero-order chi connectivity index (χ0) is 17.4. The number of hydrogen-bond donors (Lipinski definition) is 0. The molecule has 2 aromatic rings. The molecule has 2 aliphatic rings. The molecule has 4 heteroatoms. The molecule has 1 amide bonds. The van der Waals surface area contributed by atoms with Crippen LogP contribution in [0.2, 0.25) is 5.02 Å². The molecular weight excluding hydrogens is 332 g/mol. The summed E-state index contributed by atoms with van der Waals surface area (Å²) in [5.41, 5.74) is 3.72. The lowest BCUT2D eigenvalue weighted by molar-refractivity contribution is -0.132. The normalized spacial score (nSPS) is 22.8. The molecule has 0 unspecified atom stereocenters. The van der Waals surface area contributed by atoms with Crippen molar-refractivity contribution in [3.05, 3.63) is 64.7 Å². The third-order valence-corrected chi connectivity index (χ3v) is 5.67. The highest BCUT2D eigenvalue weighted by atomic mass is 35.5. The number of hydrogen-bond acceptors (Lipinski definition) is 2. The Balaban J connectivity index is 1.36. The number of anilines is 1. The van der Waals surface area contributed by atoms with Crippen molar-refractivity contribution in [3.8, 4) is 0 Å². The summed E-state index contributed by atoms with van der Waals surface area (Å²) in [7, 11) is 0. The number of amides is 1. The third kappa shape index (κ3) is 3.38. The Kier molecular flexibility index (Phi) is 4.43. The summed E-state index contributed by atoms with van der Waals surface area (Å²) in [6.07, 6.45) is 0.996. The van der Waals surface area contributed by atoms with Gasteiger partial charge in [0.1, 0.15) is 0 Å². The van der Waals surface area contributed by atoms with E-state index in [2.05, 4.69) is 42.2 Å². The van der Waals surface area contributed by atoms with E-state index in [9.17, 15) is 4.79 Å². The van der Waals surface area contributed by atoms with Crippen LogP contribution in [0.25, 0.3) is 0 Å². The lowest BCUT2D eigenvalue weighted by atomic mass is 10.1. The number of carbonyl (C=O) groups is 1. The molecule has 0 spiro atoms. The van der Waals surface area contributed by atoms with Gasteiger partial charge in [-0.25, -0.2) is 0 Å². The van der Waals surface area contributed by atoms with Crippen molar-refractivity contribution in [2.75, 3.05) is 31.1 Å². The molecule has 130 valence electrons. The van der Waals surface area contributed by atoms with Gasteiger partial charge in [0, 0.05) is 42.8 Å². The lowest BCUT2D eigenvalue weighted by Crippen LogP contribution is -2.49. The Hall–Kier alpha value is -2.00. The van der Waals surface area contributed by atoms with Crippen LogP contribution in [0.5, 0.6) is 0 Å². The number of aryl methyl sites for hydroxylation is 1. The lowest BCUT2D eigenvalue weighted by Gasteiger charge is -2.37. The molecule has 0 radical (unpaired) electrons. The van der Waals surface area contributed by atoms with Gasteiger partial charge in [-0.15, -0.1) is 0 Å². The van der Waals surface area contributed by atoms with Crippen molar-refractivity contribution in [3.63, 3.8) is 0 Å². The minimum absolute atomic E-state index is 0.182. The Morgan fingerprint density at radius 1 is 1.04 bits per heavy atom. The Labute approximate surface area is 154 Å². The van der Waals surface area contributed by atoms with Gasteiger partial charge < -0.3 is 9.80 Å². The SMILES string of the molecule is Cc1ccc(Cl)cc1N1CCN(C(=O)[C@@H]2C[C@@H]2c2ccccc2)CC1. The van der Waals surface area contributed by atoms with Crippen molar-refractivity contribution < 1.29 is 4.79 Å². The molecule has 1 aliphatic carbocycles. The summed E-state index contributed by atoms with van der Waals surface area (Å²) in [4.78, 5) is 17.2. The van der Waals surface area contributed by atoms with E-state index >= 15 is 0 Å². The molecule has 0 bridgehead atoms. The molecule has 2 aromatic carbocycles. The van der Waals surface area contributed by atoms with Gasteiger partial charge in [0.25, 0.3) is 0 Å². The number of halogens is 1. The molecule has 0 N–H and O–H groups in total. The van der Waals surface area contributed by atoms with Gasteiger partial charge in [-0.2, -0.15) is 0 Å². The number of rotatable bonds is 3. The van der Waals surface area contributed by atoms with E-state index in [1.54, 1.807) is 0 Å². The van der Waals surface area contributed by atoms with Crippen LogP contribution in [0, 0.1) is 12.8 Å². The summed E-state index contributed by atoms with van der Waals surface area (Å²) < 4.78 is 0. The molecule has 1 saturated carbocycles. The van der Waals surface area contributed by atoms with E-state index < -0.39 is 0 Å². The minimum atomic E-state index is 0.182. The smallest absolute Gasteiger partial charge is 0.226 e. The maximum atomic E-state index is 12.8. The quantitative estimate of drug-likeness (QED) is 0.828. The average molecular weight is 355 g/mol. The second-order valence-electron chi connectivity index (χ2n) is 7.10. The first-order chi connectivity index (χ1) is 12.1. The van der Waals surface area contributed by atoms with Crippen molar-refractivity contribution in [2.45, 2.75) is 19.3 Å². The zero-order valence-corrected chi connectivity index (χ0v) is 15.2. The summed E-state index contributed by atoms with van der Waals surface area (Å²) >= 11 is 6.15. The van der Waals surface area contributed by atoms with Gasteiger partial charge in [-0.1, -0.05) is 48.0 Å². The van der Waals surface area contributed by atoms with Crippen LogP contribution in [0.15, 0.2) is 48.5 Å². The topological polar surface area (TPSA) is 23.6 Å². The first-order valence-electron chi connectivity index (χ1n) is 8.98. The molecule has 0 aromatic heterocycles. The van der Waals surface area contributed by atoms with Gasteiger partial charge in [-0.3, -0.25) is 4.79 Å². The molecule has 2 fully saturated rings. The summed E-state index contributed by atoms with van der Waals surface area (Å²) in [5, 5.41) is 0.766. The van der Waals surface area contributed by atoms with E-state index in [-0.39, 0.29) is 5.92 Å². The first kappa shape index (κ1) is 16.5. The van der Waals surface area contributed by atoms with Crippen LogP contribution in [0.4, 0.5) is 5.69 Å². The van der Waals surface area contributed by atoms with Crippen molar-refractivity contribution >= 4 is 23.2 Å². The van der Waals surface area contributed by atoms with Crippen LogP contribution in [-0.4, -0.2) is 37.0 Å². The maximum Gasteiger partial charge on any atom is 0.226 e. The summed E-state index contributed by atoms with van der Waals surface area (Å²) in [6, 6.07) is 16.4. The third-order valence-electron chi connectivity index (χ3n) is 5.44. The largest absolute Gasteiger partial charge is 0.368 e. The Morgan fingerprint density at radius 2 is 1.76 bits per heavy atom. The first-order valence-corrected chi connectivity index (χ1v) is 9.36. The van der Waals surface area contributed by atoms with E-state index in [1.807, 2.05) is 23.1 Å². The maximum absolute atomic E-state index is 12.8. The van der Waals surface area contributed by atoms with E-state index in [1.165, 1.54) is 16.8 Å². The van der Waals surface area contributed by atoms with Gasteiger partial charge >= 0.3 is 0 Å². The van der Waals surface area contributed by atoms with Crippen LogP contribution >= 0.6 is 11.6 Å². The number of benzene rings is 2. The van der Waals surface area contributed by atoms with Crippen molar-refractivity contribution in [1.82, 2.24) is 4.90 Å². The summed E-state index contributed by atoms with van der Waals surface area (Å²) in [6.45, 7) is 5.44. The minimum Gasteiger partial charge on any atom is -0.368 e. The average Bonchev–Trinajstić information content (AvgIpc) is 3.45. The van der Waals surface area contributed by atoms with Crippen LogP contribution in [-0.2, 0) is 4.79 Å². The molecule has 3 nitrogen and oxygen atoms in total. The molecular formula is C21H23ClN2O. The van der Waals surface area contributed by atoms with Crippen LogP contribution in [0.3, 0.4) is 0 Å². The molecule has 1 saturated heterocycles. The number of nitrogens with zero attached hydrogens (tertiary/aromatic N) is 2. The molecule has 4 rings (SSSR count). The fraction of sp³-hybridized carbons (Fsp3) is 0.381. The highest BCUT2D eigenvalue weighted by molar-refractivity contribution is 6.30. The number of piperazine rings is 1. The van der Waals surface area contributed by atoms with Gasteiger partial charge in [0.2, 0.25) is 5.91 Å². The molecule has 1 aliphatic heterocycles. The van der Waals surface area contributed by atoms with Crippen LogP contribution < -0.4 is 4.90 Å². The van der Waals surface area contributed by atoms with Gasteiger partial charge in [-0.05, 0) is 42.5 Å². The van der Waals surface area contributed by atoms with Crippen molar-refractivity contribution in [2.24, 2.45) is 5.92 Å². The monoisotopic (exact) mass is 354 g/mol. The molecule has 2 atom stereocenters. The fourth-order valence-electron chi connectivity index (χ4n) is 3.86. The summed E-state index contributed by atoms with van der Waals surface area (Å²) in [5.74, 6) is 0.931. The van der Waals surface area contributed by atoms with Gasteiger partial charge in [0.15, 0.2) is 0 Å². The fourth-order valence-corrected chi connectivity index (χ4v) is 4.03. The standard InChI is InChI=1S/C21H23ClN2O/c1-15-7-8-17(22)13-20(15)23-9-11-24(12-10-23)21(25)19-14-18(19)16-5-3-2-4-6-16/h2-8,13,18-19H,9-12,14H2,1H3/t18-,19-/m1/s1. The predicted molar refractivity (Wildman–Crippen MR) is 102 cm³/mol. The molecule has 1 heterocycles. The van der Waals surface area contributed by atoms with Crippen molar-refractivity contribution in [1.29, 1.82) is 0 Å². The van der Waals surface area contributed by atoms with Gasteiger partial charge in [0.05, 0.1) is 0 Å². The van der Waals surface area contributed by atoms with Crippen LogP contribution in [0.1, 0.15) is 23.5 Å². The number of carbonyl (C=O) groups excluding carboxylic acids is 1. The Morgan fingerprint density at radius 3 is 2.48 bits per heavy atom. The Bertz CT molecular complexity index is 769. The van der Waals surface area contributed by atoms with E-state index in [4.69, 9.17) is 11.6 Å². The predicted octanol–water partition coefficient (Wildman–Crippen LogP) is 4.10. The molecule has 25 heavy (non-hydrogen) atoms. The van der Waals surface area contributed by atoms with E-state index in [0.29, 0.717) is 11.8 Å².